The maximum atomic E-state index is 12.7. The first-order valence-electron chi connectivity index (χ1n) is 8.59. The van der Waals surface area contributed by atoms with Crippen LogP contribution in [0.2, 0.25) is 4.34 Å². The van der Waals surface area contributed by atoms with E-state index >= 15 is 0 Å². The molecule has 0 radical (unpaired) electrons. The molecule has 1 fully saturated rings. The second kappa shape index (κ2) is 9.05. The first-order valence-corrected chi connectivity index (χ1v) is 10.7. The van der Waals surface area contributed by atoms with Gasteiger partial charge in [0.25, 0.3) is 5.69 Å². The van der Waals surface area contributed by atoms with Crippen molar-refractivity contribution in [2.75, 3.05) is 26.2 Å². The predicted molar refractivity (Wildman–Crippen MR) is 110 cm³/mol. The molecule has 0 aliphatic carbocycles. The van der Waals surface area contributed by atoms with E-state index in [9.17, 15) is 14.9 Å². The molecule has 1 saturated heterocycles. The van der Waals surface area contributed by atoms with Crippen molar-refractivity contribution in [2.45, 2.75) is 23.6 Å². The fourth-order valence-corrected chi connectivity index (χ4v) is 5.02. The molecule has 144 valence electrons. The minimum Gasteiger partial charge on any atom is -0.339 e. The zero-order valence-corrected chi connectivity index (χ0v) is 17.2. The molecule has 0 saturated carbocycles. The van der Waals surface area contributed by atoms with Crippen LogP contribution in [0.3, 0.4) is 0 Å². The Bertz CT molecular complexity index is 804. The topological polar surface area (TPSA) is 66.7 Å². The lowest BCUT2D eigenvalue weighted by Crippen LogP contribution is -2.50. The standard InChI is InChI=1S/C18H20ClN3O3S2/c1-13(26-15-4-2-14(3-5-15)22(24)25)18(23)21-10-8-20(9-11-21)12-16-6-7-17(19)27-16/h2-7,13H,8-12H2,1H3/t13-/m0/s1. The van der Waals surface area contributed by atoms with E-state index in [-0.39, 0.29) is 16.8 Å². The molecule has 0 bridgehead atoms. The maximum Gasteiger partial charge on any atom is 0.269 e. The van der Waals surface area contributed by atoms with Crippen molar-refractivity contribution in [3.63, 3.8) is 0 Å². The Labute approximate surface area is 171 Å². The minimum absolute atomic E-state index is 0.0569. The molecule has 1 amide bonds. The normalized spacial score (nSPS) is 16.3. The lowest BCUT2D eigenvalue weighted by atomic mass is 10.2. The van der Waals surface area contributed by atoms with Gasteiger partial charge in [0.15, 0.2) is 0 Å². The van der Waals surface area contributed by atoms with Crippen LogP contribution in [0.5, 0.6) is 0 Å². The van der Waals surface area contributed by atoms with E-state index in [4.69, 9.17) is 11.6 Å². The van der Waals surface area contributed by atoms with Gasteiger partial charge in [0, 0.05) is 54.6 Å². The number of thiophene rings is 1. The summed E-state index contributed by atoms with van der Waals surface area (Å²) in [6.07, 6.45) is 0. The van der Waals surface area contributed by atoms with Gasteiger partial charge in [-0.3, -0.25) is 19.8 Å². The van der Waals surface area contributed by atoms with E-state index in [0.717, 1.165) is 28.9 Å². The summed E-state index contributed by atoms with van der Waals surface area (Å²) >= 11 is 9.01. The number of thioether (sulfide) groups is 1. The molecule has 2 heterocycles. The molecule has 1 aromatic heterocycles. The second-order valence-corrected chi connectivity index (χ2v) is 9.53. The van der Waals surface area contributed by atoms with E-state index in [1.165, 1.54) is 28.8 Å². The van der Waals surface area contributed by atoms with E-state index in [0.29, 0.717) is 13.1 Å². The number of rotatable bonds is 6. The number of carbonyl (C=O) groups is 1. The summed E-state index contributed by atoms with van der Waals surface area (Å²) in [7, 11) is 0. The van der Waals surface area contributed by atoms with Crippen LogP contribution >= 0.6 is 34.7 Å². The van der Waals surface area contributed by atoms with Crippen molar-refractivity contribution in [1.29, 1.82) is 0 Å². The summed E-state index contributed by atoms with van der Waals surface area (Å²) in [5.41, 5.74) is 0.0569. The number of nitro benzene ring substituents is 1. The summed E-state index contributed by atoms with van der Waals surface area (Å²) in [5, 5.41) is 10.5. The van der Waals surface area contributed by atoms with Crippen LogP contribution in [0.4, 0.5) is 5.69 Å². The van der Waals surface area contributed by atoms with E-state index < -0.39 is 4.92 Å². The van der Waals surface area contributed by atoms with Crippen molar-refractivity contribution < 1.29 is 9.72 Å². The maximum absolute atomic E-state index is 12.7. The summed E-state index contributed by atoms with van der Waals surface area (Å²) in [6, 6.07) is 10.3. The zero-order chi connectivity index (χ0) is 19.4. The van der Waals surface area contributed by atoms with E-state index in [1.54, 1.807) is 23.5 Å². The molecule has 0 N–H and O–H groups in total. The molecule has 1 aliphatic heterocycles. The predicted octanol–water partition coefficient (Wildman–Crippen LogP) is 4.13. The van der Waals surface area contributed by atoms with Crippen LogP contribution in [0.25, 0.3) is 0 Å². The SMILES string of the molecule is C[C@H](Sc1ccc([N+](=O)[O-])cc1)C(=O)N1CCN(Cc2ccc(Cl)s2)CC1. The zero-order valence-electron chi connectivity index (χ0n) is 14.8. The highest BCUT2D eigenvalue weighted by atomic mass is 35.5. The van der Waals surface area contributed by atoms with Crippen LogP contribution in [0, 0.1) is 10.1 Å². The second-order valence-electron chi connectivity index (χ2n) is 6.32. The lowest BCUT2D eigenvalue weighted by molar-refractivity contribution is -0.384. The smallest absolute Gasteiger partial charge is 0.269 e. The fraction of sp³-hybridized carbons (Fsp3) is 0.389. The number of nitrogens with zero attached hydrogens (tertiary/aromatic N) is 3. The van der Waals surface area contributed by atoms with Gasteiger partial charge < -0.3 is 4.90 Å². The van der Waals surface area contributed by atoms with E-state index in [2.05, 4.69) is 4.90 Å². The van der Waals surface area contributed by atoms with Crippen molar-refractivity contribution in [1.82, 2.24) is 9.80 Å². The number of halogens is 1. The fourth-order valence-electron chi connectivity index (χ4n) is 2.94. The summed E-state index contributed by atoms with van der Waals surface area (Å²) < 4.78 is 0.802. The highest BCUT2D eigenvalue weighted by Gasteiger charge is 2.25. The largest absolute Gasteiger partial charge is 0.339 e. The molecule has 0 spiro atoms. The molecule has 27 heavy (non-hydrogen) atoms. The molecule has 6 nitrogen and oxygen atoms in total. The first kappa shape index (κ1) is 20.1. The molecule has 1 aliphatic rings. The highest BCUT2D eigenvalue weighted by Crippen LogP contribution is 2.27. The van der Waals surface area contributed by atoms with Gasteiger partial charge in [0.2, 0.25) is 5.91 Å². The molecule has 1 aromatic carbocycles. The van der Waals surface area contributed by atoms with Crippen molar-refractivity contribution in [3.05, 3.63) is 55.7 Å². The molecule has 1 atom stereocenters. The molecule has 3 rings (SSSR count). The van der Waals surface area contributed by atoms with Crippen molar-refractivity contribution in [3.8, 4) is 0 Å². The molecule has 9 heteroatoms. The summed E-state index contributed by atoms with van der Waals surface area (Å²) in [6.45, 7) is 5.86. The lowest BCUT2D eigenvalue weighted by Gasteiger charge is -2.35. The van der Waals surface area contributed by atoms with Crippen LogP contribution in [-0.2, 0) is 11.3 Å². The molecule has 0 unspecified atom stereocenters. The van der Waals surface area contributed by atoms with Crippen molar-refractivity contribution in [2.24, 2.45) is 0 Å². The third-order valence-corrected chi connectivity index (χ3v) is 6.72. The van der Waals surface area contributed by atoms with Gasteiger partial charge in [-0.25, -0.2) is 0 Å². The number of benzene rings is 1. The Kier molecular flexibility index (Phi) is 6.75. The number of piperazine rings is 1. The highest BCUT2D eigenvalue weighted by molar-refractivity contribution is 8.00. The van der Waals surface area contributed by atoms with Crippen LogP contribution < -0.4 is 0 Å². The van der Waals surface area contributed by atoms with Gasteiger partial charge in [-0.1, -0.05) is 11.6 Å². The number of non-ortho nitro benzene ring substituents is 1. The number of hydrogen-bond acceptors (Lipinski definition) is 6. The summed E-state index contributed by atoms with van der Waals surface area (Å²) in [5.74, 6) is 0.108. The number of amides is 1. The van der Waals surface area contributed by atoms with E-state index in [1.807, 2.05) is 24.0 Å². The van der Waals surface area contributed by atoms with Gasteiger partial charge in [-0.05, 0) is 31.2 Å². The molecular formula is C18H20ClN3O3S2. The van der Waals surface area contributed by atoms with Gasteiger partial charge in [0.1, 0.15) is 0 Å². The average molecular weight is 426 g/mol. The van der Waals surface area contributed by atoms with Gasteiger partial charge in [-0.15, -0.1) is 23.1 Å². The Morgan fingerprint density at radius 2 is 1.89 bits per heavy atom. The number of carbonyl (C=O) groups excluding carboxylic acids is 1. The first-order chi connectivity index (χ1) is 12.9. The Balaban J connectivity index is 1.48. The number of nitro groups is 1. The Morgan fingerprint density at radius 1 is 1.22 bits per heavy atom. The molecule has 2 aromatic rings. The van der Waals surface area contributed by atoms with Crippen LogP contribution in [0.1, 0.15) is 11.8 Å². The third kappa shape index (κ3) is 5.44. The molecular weight excluding hydrogens is 406 g/mol. The monoisotopic (exact) mass is 425 g/mol. The van der Waals surface area contributed by atoms with Crippen molar-refractivity contribution >= 4 is 46.3 Å². The average Bonchev–Trinajstić information content (AvgIpc) is 3.07. The third-order valence-electron chi connectivity index (χ3n) is 4.40. The van der Waals surface area contributed by atoms with Gasteiger partial charge in [-0.2, -0.15) is 0 Å². The Morgan fingerprint density at radius 3 is 2.44 bits per heavy atom. The van der Waals surface area contributed by atoms with Crippen LogP contribution in [-0.4, -0.2) is 52.1 Å². The van der Waals surface area contributed by atoms with Crippen LogP contribution in [0.15, 0.2) is 41.3 Å². The quantitative estimate of drug-likeness (QED) is 0.395. The number of hydrogen-bond donors (Lipinski definition) is 0. The van der Waals surface area contributed by atoms with Gasteiger partial charge >= 0.3 is 0 Å². The summed E-state index contributed by atoms with van der Waals surface area (Å²) in [4.78, 5) is 29.3. The minimum atomic E-state index is -0.424. The Hall–Kier alpha value is -1.61. The van der Waals surface area contributed by atoms with Gasteiger partial charge in [0.05, 0.1) is 14.5 Å².